The average molecular weight is 169 g/mol. The highest BCUT2D eigenvalue weighted by Crippen LogP contribution is 2.25. The minimum Gasteiger partial charge on any atom is -0.258 e. The second kappa shape index (κ2) is 3.36. The number of nitrogens with one attached hydrogen (secondary N) is 1. The minimum atomic E-state index is -0.489. The first kappa shape index (κ1) is 8.03. The molecule has 0 atom stereocenters. The topological polar surface area (TPSA) is 66.9 Å². The fraction of sp³-hybridized carbons (Fsp3) is 0. The van der Waals surface area contributed by atoms with Crippen molar-refractivity contribution in [3.05, 3.63) is 34.4 Å². The molecule has 0 saturated carbocycles. The molecule has 0 aliphatic rings. The van der Waals surface area contributed by atoms with E-state index in [-0.39, 0.29) is 5.69 Å². The van der Waals surface area contributed by atoms with Crippen LogP contribution in [0.4, 0.5) is 5.69 Å². The molecule has 5 heteroatoms. The summed E-state index contributed by atoms with van der Waals surface area (Å²) in [7, 11) is 0. The fourth-order valence-corrected chi connectivity index (χ4v) is 1.09. The van der Waals surface area contributed by atoms with Crippen molar-refractivity contribution in [2.45, 2.75) is 4.90 Å². The van der Waals surface area contributed by atoms with Gasteiger partial charge < -0.3 is 0 Å². The van der Waals surface area contributed by atoms with Crippen LogP contribution in [0.2, 0.25) is 0 Å². The lowest BCUT2D eigenvalue weighted by Gasteiger charge is -1.95. The molecule has 1 radical (unpaired) electrons. The molecule has 4 nitrogen and oxygen atoms in total. The Morgan fingerprint density at radius 2 is 2.09 bits per heavy atom. The zero-order valence-corrected chi connectivity index (χ0v) is 6.30. The van der Waals surface area contributed by atoms with Crippen LogP contribution < -0.4 is 5.14 Å². The van der Waals surface area contributed by atoms with Gasteiger partial charge in [0.2, 0.25) is 0 Å². The van der Waals surface area contributed by atoms with Crippen molar-refractivity contribution in [3.63, 3.8) is 0 Å². The molecule has 0 fully saturated rings. The Morgan fingerprint density at radius 1 is 1.45 bits per heavy atom. The van der Waals surface area contributed by atoms with Crippen LogP contribution in [-0.4, -0.2) is 4.92 Å². The van der Waals surface area contributed by atoms with Gasteiger partial charge in [-0.05, 0) is 18.0 Å². The van der Waals surface area contributed by atoms with Gasteiger partial charge in [-0.25, -0.2) is 0 Å². The zero-order chi connectivity index (χ0) is 8.27. The third-order valence-electron chi connectivity index (χ3n) is 1.17. The average Bonchev–Trinajstić information content (AvgIpc) is 2.04. The maximum atomic E-state index is 10.3. The summed E-state index contributed by atoms with van der Waals surface area (Å²) in [6, 6.07) is 6.19. The summed E-state index contributed by atoms with van der Waals surface area (Å²) in [5.74, 6) is 0. The first-order valence-corrected chi connectivity index (χ1v) is 3.64. The van der Waals surface area contributed by atoms with Crippen LogP contribution in [0.1, 0.15) is 0 Å². The van der Waals surface area contributed by atoms with Gasteiger partial charge in [0.1, 0.15) is 4.90 Å². The third-order valence-corrected chi connectivity index (χ3v) is 1.74. The quantitative estimate of drug-likeness (QED) is 0.385. The number of nitro groups is 1. The van der Waals surface area contributed by atoms with Gasteiger partial charge in [-0.2, -0.15) is 5.14 Å². The molecule has 1 aromatic rings. The van der Waals surface area contributed by atoms with Crippen molar-refractivity contribution in [3.8, 4) is 0 Å². The van der Waals surface area contributed by atoms with E-state index in [1.165, 1.54) is 6.07 Å². The molecule has 11 heavy (non-hydrogen) atoms. The number of hydrogen-bond donors (Lipinski definition) is 0. The van der Waals surface area contributed by atoms with E-state index in [1.807, 2.05) is 0 Å². The molecular formula is C6H5N2O2S. The van der Waals surface area contributed by atoms with Crippen LogP contribution >= 0.6 is 11.9 Å². The van der Waals surface area contributed by atoms with Crippen molar-refractivity contribution in [2.24, 2.45) is 0 Å². The summed E-state index contributed by atoms with van der Waals surface area (Å²) in [5.41, 5.74) is -0.00694. The predicted octanol–water partition coefficient (Wildman–Crippen LogP) is 1.88. The molecule has 1 N–H and O–H groups in total. The normalized spacial score (nSPS) is 9.55. The highest BCUT2D eigenvalue weighted by Gasteiger charge is 2.10. The van der Waals surface area contributed by atoms with E-state index in [2.05, 4.69) is 0 Å². The van der Waals surface area contributed by atoms with Gasteiger partial charge in [-0.15, -0.1) is 0 Å². The van der Waals surface area contributed by atoms with Crippen LogP contribution in [0.3, 0.4) is 0 Å². The maximum absolute atomic E-state index is 10.3. The Balaban J connectivity index is 3.12. The summed E-state index contributed by atoms with van der Waals surface area (Å²) in [5, 5.41) is 17.2. The number of nitrogens with zero attached hydrogens (tertiary/aromatic N) is 1. The van der Waals surface area contributed by atoms with E-state index >= 15 is 0 Å². The second-order valence-corrected chi connectivity index (χ2v) is 2.47. The van der Waals surface area contributed by atoms with Crippen LogP contribution in [0, 0.1) is 10.1 Å². The van der Waals surface area contributed by atoms with Gasteiger partial charge in [0, 0.05) is 6.07 Å². The molecule has 0 aliphatic heterocycles. The lowest BCUT2D eigenvalue weighted by Crippen LogP contribution is -1.89. The summed E-state index contributed by atoms with van der Waals surface area (Å²) in [6.45, 7) is 0. The molecule has 0 heterocycles. The van der Waals surface area contributed by atoms with Crippen molar-refractivity contribution in [1.82, 2.24) is 5.14 Å². The lowest BCUT2D eigenvalue weighted by molar-refractivity contribution is -0.387. The Kier molecular flexibility index (Phi) is 2.45. The van der Waals surface area contributed by atoms with E-state index in [9.17, 15) is 10.1 Å². The standard InChI is InChI=1S/C6H5N2O2S/c7-11-6-4-2-1-3-5(6)8(9)10/h1-4,7H. The van der Waals surface area contributed by atoms with Crippen LogP contribution in [-0.2, 0) is 0 Å². The smallest absolute Gasteiger partial charge is 0.258 e. The van der Waals surface area contributed by atoms with Crippen LogP contribution in [0.5, 0.6) is 0 Å². The zero-order valence-electron chi connectivity index (χ0n) is 5.48. The molecule has 0 aliphatic carbocycles. The second-order valence-electron chi connectivity index (χ2n) is 1.83. The molecule has 1 aromatic carbocycles. The van der Waals surface area contributed by atoms with Gasteiger partial charge in [-0.1, -0.05) is 12.1 Å². The lowest BCUT2D eigenvalue weighted by atomic mass is 10.3. The van der Waals surface area contributed by atoms with Crippen molar-refractivity contribution >= 4 is 17.6 Å². The third kappa shape index (κ3) is 1.69. The Bertz CT molecular complexity index is 277. The Hall–Kier alpha value is -1.07. The molecule has 0 bridgehead atoms. The minimum absolute atomic E-state index is 0.00694. The number of rotatable bonds is 2. The predicted molar refractivity (Wildman–Crippen MR) is 42.1 cm³/mol. The highest BCUT2D eigenvalue weighted by atomic mass is 32.2. The monoisotopic (exact) mass is 169 g/mol. The number of hydrogen-bond acceptors (Lipinski definition) is 3. The maximum Gasteiger partial charge on any atom is 0.284 e. The van der Waals surface area contributed by atoms with Crippen molar-refractivity contribution < 1.29 is 4.92 Å². The SMILES string of the molecule is [NH]Sc1ccccc1[N+](=O)[O-]. The molecule has 1 rings (SSSR count). The Morgan fingerprint density at radius 3 is 2.55 bits per heavy atom. The highest BCUT2D eigenvalue weighted by molar-refractivity contribution is 7.96. The summed E-state index contributed by atoms with van der Waals surface area (Å²) in [4.78, 5) is 10.2. The van der Waals surface area contributed by atoms with E-state index in [1.54, 1.807) is 18.2 Å². The van der Waals surface area contributed by atoms with Gasteiger partial charge in [0.25, 0.3) is 5.69 Å². The summed E-state index contributed by atoms with van der Waals surface area (Å²) in [6.07, 6.45) is 0. The largest absolute Gasteiger partial charge is 0.284 e. The molecule has 0 saturated heterocycles. The van der Waals surface area contributed by atoms with Crippen LogP contribution in [0.15, 0.2) is 29.2 Å². The van der Waals surface area contributed by atoms with E-state index < -0.39 is 4.92 Å². The van der Waals surface area contributed by atoms with E-state index in [4.69, 9.17) is 5.14 Å². The van der Waals surface area contributed by atoms with Gasteiger partial charge in [0.15, 0.2) is 0 Å². The fourth-order valence-electron chi connectivity index (χ4n) is 0.694. The van der Waals surface area contributed by atoms with Gasteiger partial charge >= 0.3 is 0 Å². The Labute approximate surface area is 67.7 Å². The number of para-hydroxylation sites is 1. The molecule has 0 unspecified atom stereocenters. The summed E-state index contributed by atoms with van der Waals surface area (Å²) >= 11 is 0.632. The first-order chi connectivity index (χ1) is 5.25. The van der Waals surface area contributed by atoms with E-state index in [0.717, 1.165) is 0 Å². The molecule has 57 valence electrons. The summed E-state index contributed by atoms with van der Waals surface area (Å²) < 4.78 is 0. The van der Waals surface area contributed by atoms with Gasteiger partial charge in [0.05, 0.1) is 4.92 Å². The number of benzene rings is 1. The number of nitro benzene ring substituents is 1. The molecular weight excluding hydrogens is 164 g/mol. The molecule has 0 amide bonds. The van der Waals surface area contributed by atoms with Crippen molar-refractivity contribution in [2.75, 3.05) is 0 Å². The van der Waals surface area contributed by atoms with Gasteiger partial charge in [-0.3, -0.25) is 10.1 Å². The van der Waals surface area contributed by atoms with E-state index in [0.29, 0.717) is 16.8 Å². The van der Waals surface area contributed by atoms with Crippen molar-refractivity contribution in [1.29, 1.82) is 0 Å². The molecule has 0 aromatic heterocycles. The first-order valence-electron chi connectivity index (χ1n) is 2.82. The van der Waals surface area contributed by atoms with Crippen LogP contribution in [0.25, 0.3) is 0 Å². The molecule has 0 spiro atoms.